The number of rotatable bonds is 6. The zero-order valence-electron chi connectivity index (χ0n) is 15.1. The van der Waals surface area contributed by atoms with Gasteiger partial charge in [0.1, 0.15) is 11.6 Å². The van der Waals surface area contributed by atoms with E-state index in [1.165, 1.54) is 13.0 Å². The average molecular weight is 365 g/mol. The number of hydrogen-bond donors (Lipinski definition) is 3. The lowest BCUT2D eigenvalue weighted by atomic mass is 10.2. The zero-order chi connectivity index (χ0) is 19.2. The maximum Gasteiger partial charge on any atom is 0.229 e. The summed E-state index contributed by atoms with van der Waals surface area (Å²) in [4.78, 5) is 19.9. The summed E-state index contributed by atoms with van der Waals surface area (Å²) >= 11 is 0. The second kappa shape index (κ2) is 8.27. The number of aromatic nitrogens is 2. The number of anilines is 4. The van der Waals surface area contributed by atoms with Crippen molar-refractivity contribution in [2.45, 2.75) is 20.4 Å². The highest BCUT2D eigenvalue weighted by atomic mass is 19.1. The van der Waals surface area contributed by atoms with E-state index >= 15 is 0 Å². The molecule has 138 valence electrons. The molecule has 1 aromatic heterocycles. The highest BCUT2D eigenvalue weighted by Gasteiger charge is 2.05. The molecule has 1 heterocycles. The highest BCUT2D eigenvalue weighted by Crippen LogP contribution is 2.19. The lowest BCUT2D eigenvalue weighted by Crippen LogP contribution is -2.07. The summed E-state index contributed by atoms with van der Waals surface area (Å²) in [5.41, 5.74) is 2.84. The summed E-state index contributed by atoms with van der Waals surface area (Å²) in [6.07, 6.45) is 0. The first-order valence-corrected chi connectivity index (χ1v) is 8.47. The van der Waals surface area contributed by atoms with Crippen LogP contribution in [0.15, 0.2) is 54.6 Å². The van der Waals surface area contributed by atoms with Gasteiger partial charge < -0.3 is 16.0 Å². The molecule has 7 heteroatoms. The smallest absolute Gasteiger partial charge is 0.229 e. The van der Waals surface area contributed by atoms with Crippen LogP contribution in [0, 0.1) is 12.7 Å². The molecular weight excluding hydrogens is 345 g/mol. The first-order valence-electron chi connectivity index (χ1n) is 8.47. The number of carbonyl (C=O) groups is 1. The molecule has 0 spiro atoms. The number of halogens is 1. The molecule has 3 N–H and O–H groups in total. The van der Waals surface area contributed by atoms with E-state index in [1.807, 2.05) is 19.1 Å². The van der Waals surface area contributed by atoms with E-state index in [9.17, 15) is 9.18 Å². The third-order valence-electron chi connectivity index (χ3n) is 3.73. The van der Waals surface area contributed by atoms with E-state index in [1.54, 1.807) is 36.4 Å². The Kier molecular flexibility index (Phi) is 5.61. The van der Waals surface area contributed by atoms with Crippen molar-refractivity contribution in [3.63, 3.8) is 0 Å². The predicted molar refractivity (Wildman–Crippen MR) is 105 cm³/mol. The molecule has 0 aliphatic heterocycles. The molecule has 0 radical (unpaired) electrons. The van der Waals surface area contributed by atoms with Crippen LogP contribution in [0.3, 0.4) is 0 Å². The van der Waals surface area contributed by atoms with Crippen molar-refractivity contribution in [1.29, 1.82) is 0 Å². The molecule has 0 unspecified atom stereocenters. The number of nitrogens with zero attached hydrogens (tertiary/aromatic N) is 2. The summed E-state index contributed by atoms with van der Waals surface area (Å²) in [5, 5.41) is 8.96. The minimum Gasteiger partial charge on any atom is -0.366 e. The Morgan fingerprint density at radius 1 is 1.04 bits per heavy atom. The van der Waals surface area contributed by atoms with Crippen LogP contribution in [0.25, 0.3) is 0 Å². The Bertz CT molecular complexity index is 943. The van der Waals surface area contributed by atoms with Crippen LogP contribution in [0.5, 0.6) is 0 Å². The van der Waals surface area contributed by atoms with Crippen LogP contribution in [0.1, 0.15) is 18.2 Å². The normalized spacial score (nSPS) is 10.3. The first-order chi connectivity index (χ1) is 13.0. The van der Waals surface area contributed by atoms with Crippen molar-refractivity contribution in [2.75, 3.05) is 16.0 Å². The van der Waals surface area contributed by atoms with Crippen molar-refractivity contribution in [1.82, 2.24) is 9.97 Å². The van der Waals surface area contributed by atoms with Crippen molar-refractivity contribution in [3.05, 3.63) is 71.7 Å². The van der Waals surface area contributed by atoms with Crippen LogP contribution in [0.2, 0.25) is 0 Å². The molecular formula is C20H20FN5O. The summed E-state index contributed by atoms with van der Waals surface area (Å²) in [7, 11) is 0. The van der Waals surface area contributed by atoms with E-state index in [0.29, 0.717) is 29.6 Å². The lowest BCUT2D eigenvalue weighted by Gasteiger charge is -2.11. The Morgan fingerprint density at radius 2 is 1.74 bits per heavy atom. The van der Waals surface area contributed by atoms with Crippen molar-refractivity contribution < 1.29 is 9.18 Å². The summed E-state index contributed by atoms with van der Waals surface area (Å²) in [6.45, 7) is 3.65. The minimum atomic E-state index is -0.256. The van der Waals surface area contributed by atoms with Crippen LogP contribution >= 0.6 is 0 Å². The number of amides is 1. The summed E-state index contributed by atoms with van der Waals surface area (Å²) in [6, 6.07) is 15.6. The minimum absolute atomic E-state index is 0.122. The fourth-order valence-electron chi connectivity index (χ4n) is 2.51. The van der Waals surface area contributed by atoms with Gasteiger partial charge in [-0.2, -0.15) is 4.98 Å². The maximum absolute atomic E-state index is 13.7. The largest absolute Gasteiger partial charge is 0.366 e. The second-order valence-corrected chi connectivity index (χ2v) is 6.05. The Balaban J connectivity index is 1.69. The Labute approximate surface area is 156 Å². The van der Waals surface area contributed by atoms with Gasteiger partial charge in [-0.1, -0.05) is 18.2 Å². The average Bonchev–Trinajstić information content (AvgIpc) is 2.62. The molecule has 0 aliphatic rings. The maximum atomic E-state index is 13.7. The third kappa shape index (κ3) is 5.24. The van der Waals surface area contributed by atoms with Crippen LogP contribution in [-0.4, -0.2) is 15.9 Å². The number of hydrogen-bond acceptors (Lipinski definition) is 5. The fraction of sp³-hybridized carbons (Fsp3) is 0.150. The second-order valence-electron chi connectivity index (χ2n) is 6.05. The van der Waals surface area contributed by atoms with Gasteiger partial charge in [-0.05, 0) is 37.3 Å². The van der Waals surface area contributed by atoms with E-state index in [0.717, 1.165) is 11.4 Å². The number of nitrogens with one attached hydrogen (secondary N) is 3. The lowest BCUT2D eigenvalue weighted by molar-refractivity contribution is -0.114. The van der Waals surface area contributed by atoms with E-state index in [2.05, 4.69) is 25.9 Å². The molecule has 0 atom stereocenters. The molecule has 3 aromatic rings. The van der Waals surface area contributed by atoms with Gasteiger partial charge >= 0.3 is 0 Å². The van der Waals surface area contributed by atoms with Crippen molar-refractivity contribution in [2.24, 2.45) is 0 Å². The highest BCUT2D eigenvalue weighted by molar-refractivity contribution is 5.88. The van der Waals surface area contributed by atoms with Gasteiger partial charge in [0.2, 0.25) is 11.9 Å². The molecule has 0 saturated carbocycles. The van der Waals surface area contributed by atoms with Gasteiger partial charge in [-0.15, -0.1) is 0 Å². The predicted octanol–water partition coefficient (Wildman–Crippen LogP) is 4.24. The summed E-state index contributed by atoms with van der Waals surface area (Å²) in [5.74, 6) is 0.651. The zero-order valence-corrected chi connectivity index (χ0v) is 15.1. The molecule has 0 bridgehead atoms. The number of carbonyl (C=O) groups excluding carboxylic acids is 1. The fourth-order valence-corrected chi connectivity index (χ4v) is 2.51. The van der Waals surface area contributed by atoms with Crippen molar-refractivity contribution in [3.8, 4) is 0 Å². The van der Waals surface area contributed by atoms with Crippen LogP contribution in [0.4, 0.5) is 27.5 Å². The first kappa shape index (κ1) is 18.3. The van der Waals surface area contributed by atoms with Gasteiger partial charge in [0, 0.05) is 42.2 Å². The molecule has 0 saturated heterocycles. The monoisotopic (exact) mass is 365 g/mol. The number of benzene rings is 2. The van der Waals surface area contributed by atoms with Gasteiger partial charge in [0.05, 0.1) is 0 Å². The van der Waals surface area contributed by atoms with E-state index < -0.39 is 0 Å². The number of aryl methyl sites for hydroxylation is 1. The van der Waals surface area contributed by atoms with Crippen molar-refractivity contribution >= 4 is 29.0 Å². The molecule has 6 nitrogen and oxygen atoms in total. The molecule has 0 aliphatic carbocycles. The topological polar surface area (TPSA) is 78.9 Å². The molecule has 0 fully saturated rings. The van der Waals surface area contributed by atoms with Gasteiger partial charge in [0.15, 0.2) is 0 Å². The molecule has 3 rings (SSSR count). The van der Waals surface area contributed by atoms with E-state index in [4.69, 9.17) is 0 Å². The summed E-state index contributed by atoms with van der Waals surface area (Å²) < 4.78 is 13.7. The van der Waals surface area contributed by atoms with Gasteiger partial charge in [0.25, 0.3) is 0 Å². The molecule has 2 aromatic carbocycles. The molecule has 1 amide bonds. The third-order valence-corrected chi connectivity index (χ3v) is 3.73. The van der Waals surface area contributed by atoms with Crippen LogP contribution < -0.4 is 16.0 Å². The SMILES string of the molecule is CC(=O)Nc1ccc(Nc2nc(C)cc(NCc3ccccc3F)n2)cc1. The van der Waals surface area contributed by atoms with Gasteiger partial charge in [-0.3, -0.25) is 4.79 Å². The van der Waals surface area contributed by atoms with Gasteiger partial charge in [-0.25, -0.2) is 9.37 Å². The standard InChI is InChI=1S/C20H20FN5O/c1-13-11-19(22-12-15-5-3-4-6-18(15)21)26-20(23-13)25-17-9-7-16(8-10-17)24-14(2)27/h3-11H,12H2,1-2H3,(H,24,27)(H2,22,23,25,26). The molecule has 27 heavy (non-hydrogen) atoms. The Hall–Kier alpha value is -3.48. The Morgan fingerprint density at radius 3 is 2.44 bits per heavy atom. The van der Waals surface area contributed by atoms with Crippen LogP contribution in [-0.2, 0) is 11.3 Å². The van der Waals surface area contributed by atoms with E-state index in [-0.39, 0.29) is 11.7 Å². The quantitative estimate of drug-likeness (QED) is 0.609.